The molecule has 1 unspecified atom stereocenters. The molecule has 1 aromatic heterocycles. The molecule has 0 amide bonds. The van der Waals surface area contributed by atoms with Crippen molar-refractivity contribution in [2.75, 3.05) is 5.32 Å². The number of phenols is 1. The maximum Gasteiger partial charge on any atom is 0.165 e. The molecule has 0 bridgehead atoms. The van der Waals surface area contributed by atoms with E-state index in [0.29, 0.717) is 22.3 Å². The van der Waals surface area contributed by atoms with Crippen molar-refractivity contribution in [2.45, 2.75) is 33.1 Å². The summed E-state index contributed by atoms with van der Waals surface area (Å²) in [5.41, 5.74) is 2.31. The standard InChI is InChI=1S/C19H19ClFN3O/c1-4-10(2)12-7-13-15(8-16(12)25)22-9-23-19(13)24-14-6-5-11(3)17(20)18(14)21/h5-10,25H,4H2,1-3H3,(H,22,23,24). The SMILES string of the molecule is CCC(C)c1cc2c(Nc3ccc(C)c(Cl)c3F)ncnc2cc1O. The predicted octanol–water partition coefficient (Wildman–Crippen LogP) is 5.69. The van der Waals surface area contributed by atoms with Gasteiger partial charge in [-0.3, -0.25) is 0 Å². The number of aryl methyl sites for hydroxylation is 1. The first-order chi connectivity index (χ1) is 11.9. The number of fused-ring (bicyclic) bond motifs is 1. The van der Waals surface area contributed by atoms with Gasteiger partial charge in [-0.1, -0.05) is 31.5 Å². The highest BCUT2D eigenvalue weighted by atomic mass is 35.5. The average molecular weight is 360 g/mol. The largest absolute Gasteiger partial charge is 0.508 e. The van der Waals surface area contributed by atoms with Gasteiger partial charge in [0.15, 0.2) is 5.82 Å². The van der Waals surface area contributed by atoms with Gasteiger partial charge in [0.25, 0.3) is 0 Å². The lowest BCUT2D eigenvalue weighted by molar-refractivity contribution is 0.463. The molecule has 130 valence electrons. The van der Waals surface area contributed by atoms with Crippen molar-refractivity contribution in [2.24, 2.45) is 0 Å². The van der Waals surface area contributed by atoms with Crippen LogP contribution in [0.5, 0.6) is 5.75 Å². The normalized spacial score (nSPS) is 12.4. The van der Waals surface area contributed by atoms with Gasteiger partial charge in [0.1, 0.15) is 17.9 Å². The molecule has 3 rings (SSSR count). The summed E-state index contributed by atoms with van der Waals surface area (Å²) in [4.78, 5) is 8.43. The molecule has 2 N–H and O–H groups in total. The van der Waals surface area contributed by atoms with Crippen molar-refractivity contribution in [1.82, 2.24) is 9.97 Å². The zero-order chi connectivity index (χ0) is 18.1. The summed E-state index contributed by atoms with van der Waals surface area (Å²) in [5, 5.41) is 14.0. The van der Waals surface area contributed by atoms with E-state index in [2.05, 4.69) is 22.2 Å². The van der Waals surface area contributed by atoms with Gasteiger partial charge in [-0.2, -0.15) is 0 Å². The first-order valence-electron chi connectivity index (χ1n) is 8.11. The molecule has 0 aliphatic rings. The number of hydrogen-bond donors (Lipinski definition) is 2. The number of aromatic nitrogens is 2. The molecule has 6 heteroatoms. The van der Waals surface area contributed by atoms with E-state index in [1.54, 1.807) is 25.1 Å². The molecule has 25 heavy (non-hydrogen) atoms. The smallest absolute Gasteiger partial charge is 0.165 e. The summed E-state index contributed by atoms with van der Waals surface area (Å²) in [5.74, 6) is 0.335. The van der Waals surface area contributed by atoms with Crippen molar-refractivity contribution >= 4 is 34.0 Å². The van der Waals surface area contributed by atoms with Gasteiger partial charge in [-0.25, -0.2) is 14.4 Å². The molecule has 2 aromatic carbocycles. The summed E-state index contributed by atoms with van der Waals surface area (Å²) in [6.07, 6.45) is 2.26. The first-order valence-corrected chi connectivity index (χ1v) is 8.49. The lowest BCUT2D eigenvalue weighted by Crippen LogP contribution is -2.00. The van der Waals surface area contributed by atoms with Crippen LogP contribution in [-0.2, 0) is 0 Å². The van der Waals surface area contributed by atoms with Crippen LogP contribution < -0.4 is 5.32 Å². The number of phenolic OH excluding ortho intramolecular Hbond substituents is 1. The Bertz CT molecular complexity index is 946. The molecule has 0 aliphatic heterocycles. The van der Waals surface area contributed by atoms with Gasteiger partial charge in [0, 0.05) is 11.5 Å². The Hall–Kier alpha value is -2.40. The van der Waals surface area contributed by atoms with E-state index >= 15 is 0 Å². The van der Waals surface area contributed by atoms with E-state index in [1.807, 2.05) is 13.0 Å². The predicted molar refractivity (Wildman–Crippen MR) is 99.3 cm³/mol. The molecule has 4 nitrogen and oxygen atoms in total. The Morgan fingerprint density at radius 1 is 1.28 bits per heavy atom. The second kappa shape index (κ2) is 6.84. The zero-order valence-electron chi connectivity index (χ0n) is 14.3. The van der Waals surface area contributed by atoms with Crippen LogP contribution >= 0.6 is 11.6 Å². The van der Waals surface area contributed by atoms with Gasteiger partial charge in [-0.05, 0) is 42.5 Å². The Morgan fingerprint density at radius 3 is 2.76 bits per heavy atom. The molecule has 1 heterocycles. The molecule has 3 aromatic rings. The number of benzene rings is 2. The molecule has 0 saturated heterocycles. The maximum atomic E-state index is 14.4. The number of rotatable bonds is 4. The fourth-order valence-corrected chi connectivity index (χ4v) is 2.86. The Labute approximate surface area is 150 Å². The van der Waals surface area contributed by atoms with Crippen molar-refractivity contribution < 1.29 is 9.50 Å². The molecular formula is C19H19ClFN3O. The third-order valence-corrected chi connectivity index (χ3v) is 4.92. The highest BCUT2D eigenvalue weighted by molar-refractivity contribution is 6.31. The van der Waals surface area contributed by atoms with Gasteiger partial charge < -0.3 is 10.4 Å². The van der Waals surface area contributed by atoms with Crippen LogP contribution in [-0.4, -0.2) is 15.1 Å². The summed E-state index contributed by atoms with van der Waals surface area (Å²) in [7, 11) is 0. The number of aromatic hydroxyl groups is 1. The minimum Gasteiger partial charge on any atom is -0.508 e. The summed E-state index contributed by atoms with van der Waals surface area (Å²) >= 11 is 5.99. The van der Waals surface area contributed by atoms with Crippen LogP contribution in [0.3, 0.4) is 0 Å². The van der Waals surface area contributed by atoms with Crippen molar-refractivity contribution in [3.63, 3.8) is 0 Å². The number of hydrogen-bond acceptors (Lipinski definition) is 4. The highest BCUT2D eigenvalue weighted by Crippen LogP contribution is 2.35. The topological polar surface area (TPSA) is 58.0 Å². The molecule has 1 atom stereocenters. The number of halogens is 2. The Morgan fingerprint density at radius 2 is 2.04 bits per heavy atom. The lowest BCUT2D eigenvalue weighted by Gasteiger charge is -2.15. The number of nitrogens with one attached hydrogen (secondary N) is 1. The minimum atomic E-state index is -0.519. The van der Waals surface area contributed by atoms with E-state index in [-0.39, 0.29) is 22.4 Å². The van der Waals surface area contributed by atoms with Crippen molar-refractivity contribution in [3.8, 4) is 5.75 Å². The average Bonchev–Trinajstić information content (AvgIpc) is 2.61. The van der Waals surface area contributed by atoms with E-state index in [4.69, 9.17) is 11.6 Å². The third-order valence-electron chi connectivity index (χ3n) is 4.46. The van der Waals surface area contributed by atoms with Crippen LogP contribution in [0.4, 0.5) is 15.9 Å². The van der Waals surface area contributed by atoms with Crippen LogP contribution in [0.15, 0.2) is 30.6 Å². The second-order valence-electron chi connectivity index (χ2n) is 6.14. The van der Waals surface area contributed by atoms with E-state index in [1.165, 1.54) is 6.33 Å². The van der Waals surface area contributed by atoms with Gasteiger partial charge >= 0.3 is 0 Å². The third kappa shape index (κ3) is 3.24. The van der Waals surface area contributed by atoms with Gasteiger partial charge in [0.05, 0.1) is 16.2 Å². The quantitative estimate of drug-likeness (QED) is 0.628. The summed E-state index contributed by atoms with van der Waals surface area (Å²) < 4.78 is 14.4. The fraction of sp³-hybridized carbons (Fsp3) is 0.263. The van der Waals surface area contributed by atoms with Gasteiger partial charge in [0.2, 0.25) is 0 Å². The van der Waals surface area contributed by atoms with Crippen LogP contribution in [0, 0.1) is 12.7 Å². The molecule has 0 aliphatic carbocycles. The summed E-state index contributed by atoms with van der Waals surface area (Å²) in [6.45, 7) is 5.84. The maximum absolute atomic E-state index is 14.4. The number of nitrogens with zero attached hydrogens (tertiary/aromatic N) is 2. The molecule has 0 radical (unpaired) electrons. The molecule has 0 saturated carbocycles. The molecule has 0 fully saturated rings. The first kappa shape index (κ1) is 17.4. The fourth-order valence-electron chi connectivity index (χ4n) is 2.69. The number of anilines is 2. The Kier molecular flexibility index (Phi) is 4.77. The van der Waals surface area contributed by atoms with Crippen molar-refractivity contribution in [1.29, 1.82) is 0 Å². The summed E-state index contributed by atoms with van der Waals surface area (Å²) in [6, 6.07) is 6.84. The Balaban J connectivity index is 2.12. The second-order valence-corrected chi connectivity index (χ2v) is 6.52. The van der Waals surface area contributed by atoms with Crippen molar-refractivity contribution in [3.05, 3.63) is 52.6 Å². The zero-order valence-corrected chi connectivity index (χ0v) is 15.0. The van der Waals surface area contributed by atoms with E-state index in [0.717, 1.165) is 12.0 Å². The highest BCUT2D eigenvalue weighted by Gasteiger charge is 2.15. The van der Waals surface area contributed by atoms with Crippen LogP contribution in [0.25, 0.3) is 10.9 Å². The molecule has 0 spiro atoms. The van der Waals surface area contributed by atoms with E-state index in [9.17, 15) is 9.50 Å². The van der Waals surface area contributed by atoms with E-state index < -0.39 is 5.82 Å². The lowest BCUT2D eigenvalue weighted by atomic mass is 9.96. The van der Waals surface area contributed by atoms with Crippen LogP contribution in [0.1, 0.15) is 37.3 Å². The monoisotopic (exact) mass is 359 g/mol. The van der Waals surface area contributed by atoms with Gasteiger partial charge in [-0.15, -0.1) is 0 Å². The molecular weight excluding hydrogens is 341 g/mol. The minimum absolute atomic E-state index is 0.0845. The van der Waals surface area contributed by atoms with Crippen LogP contribution in [0.2, 0.25) is 5.02 Å².